The molecule has 0 bridgehead atoms. The second-order valence-corrected chi connectivity index (χ2v) is 7.31. The predicted molar refractivity (Wildman–Crippen MR) is 117 cm³/mol. The van der Waals surface area contributed by atoms with Crippen molar-refractivity contribution in [2.24, 2.45) is 4.99 Å². The minimum absolute atomic E-state index is 0.167. The number of hydrogen-bond acceptors (Lipinski definition) is 7. The molecule has 1 aromatic heterocycles. The monoisotopic (exact) mass is 418 g/mol. The highest BCUT2D eigenvalue weighted by molar-refractivity contribution is 5.81. The Morgan fingerprint density at radius 2 is 1.83 bits per heavy atom. The van der Waals surface area contributed by atoms with E-state index in [1.165, 1.54) is 0 Å². The first-order valence-electron chi connectivity index (χ1n) is 10.9. The van der Waals surface area contributed by atoms with Crippen molar-refractivity contribution < 1.29 is 9.53 Å². The number of hydrogen-bond donors (Lipinski definition) is 2. The number of anilines is 1. The minimum atomic E-state index is 0.167. The zero-order chi connectivity index (χ0) is 21.0. The second kappa shape index (κ2) is 12.3. The molecule has 2 N–H and O–H groups in total. The zero-order valence-electron chi connectivity index (χ0n) is 17.9. The molecular formula is C20H34N8O2. The zero-order valence-corrected chi connectivity index (χ0v) is 17.9. The van der Waals surface area contributed by atoms with Crippen LogP contribution in [0.15, 0.2) is 23.5 Å². The van der Waals surface area contributed by atoms with Crippen molar-refractivity contribution in [3.63, 3.8) is 0 Å². The van der Waals surface area contributed by atoms with E-state index in [-0.39, 0.29) is 5.91 Å². The summed E-state index contributed by atoms with van der Waals surface area (Å²) in [6, 6.07) is 1.81. The van der Waals surface area contributed by atoms with E-state index in [2.05, 4.69) is 35.4 Å². The summed E-state index contributed by atoms with van der Waals surface area (Å²) in [5.41, 5.74) is 0. The molecule has 166 valence electrons. The van der Waals surface area contributed by atoms with Crippen LogP contribution >= 0.6 is 0 Å². The summed E-state index contributed by atoms with van der Waals surface area (Å²) in [7, 11) is 0. The van der Waals surface area contributed by atoms with Crippen molar-refractivity contribution in [1.82, 2.24) is 30.4 Å². The van der Waals surface area contributed by atoms with Crippen LogP contribution in [0.25, 0.3) is 0 Å². The van der Waals surface area contributed by atoms with E-state index in [1.54, 1.807) is 12.4 Å². The number of aromatic nitrogens is 2. The lowest BCUT2D eigenvalue weighted by Gasteiger charge is -2.34. The number of rotatable bonds is 8. The Hall–Kier alpha value is -2.46. The molecule has 3 heterocycles. The van der Waals surface area contributed by atoms with E-state index in [0.29, 0.717) is 26.1 Å². The average Bonchev–Trinajstić information content (AvgIpc) is 2.80. The van der Waals surface area contributed by atoms with Crippen molar-refractivity contribution in [2.75, 3.05) is 83.6 Å². The molecule has 1 amide bonds. The summed E-state index contributed by atoms with van der Waals surface area (Å²) in [5, 5.41) is 6.53. The van der Waals surface area contributed by atoms with Crippen molar-refractivity contribution in [1.29, 1.82) is 0 Å². The number of guanidine groups is 1. The van der Waals surface area contributed by atoms with Gasteiger partial charge in [-0.05, 0) is 13.0 Å². The van der Waals surface area contributed by atoms with Gasteiger partial charge in [0, 0.05) is 77.7 Å². The number of piperazine rings is 1. The van der Waals surface area contributed by atoms with E-state index < -0.39 is 0 Å². The summed E-state index contributed by atoms with van der Waals surface area (Å²) in [6.07, 6.45) is 3.95. The normalized spacial score (nSPS) is 18.4. The summed E-state index contributed by atoms with van der Waals surface area (Å²) >= 11 is 0. The molecule has 2 aliphatic rings. The molecule has 2 aliphatic heterocycles. The molecule has 3 rings (SSSR count). The van der Waals surface area contributed by atoms with E-state index >= 15 is 0 Å². The quantitative estimate of drug-likeness (QED) is 0.427. The molecule has 2 fully saturated rings. The highest BCUT2D eigenvalue weighted by Gasteiger charge is 2.22. The third-order valence-corrected chi connectivity index (χ3v) is 5.23. The van der Waals surface area contributed by atoms with Gasteiger partial charge in [0.25, 0.3) is 0 Å². The van der Waals surface area contributed by atoms with Crippen LogP contribution in [-0.4, -0.2) is 110 Å². The van der Waals surface area contributed by atoms with Crippen LogP contribution in [0.3, 0.4) is 0 Å². The van der Waals surface area contributed by atoms with Crippen LogP contribution in [0.5, 0.6) is 0 Å². The number of carbonyl (C=O) groups is 1. The first-order valence-corrected chi connectivity index (χ1v) is 10.9. The summed E-state index contributed by atoms with van der Waals surface area (Å²) < 4.78 is 5.37. The van der Waals surface area contributed by atoms with Crippen molar-refractivity contribution in [2.45, 2.75) is 13.3 Å². The molecule has 0 unspecified atom stereocenters. The van der Waals surface area contributed by atoms with Crippen LogP contribution in [0.2, 0.25) is 0 Å². The maximum Gasteiger partial charge on any atom is 0.225 e. The summed E-state index contributed by atoms with van der Waals surface area (Å²) in [4.78, 5) is 32.2. The van der Waals surface area contributed by atoms with Gasteiger partial charge >= 0.3 is 0 Å². The first-order chi connectivity index (χ1) is 14.8. The van der Waals surface area contributed by atoms with Gasteiger partial charge in [0.05, 0.1) is 19.8 Å². The third kappa shape index (κ3) is 7.10. The Morgan fingerprint density at radius 1 is 1.10 bits per heavy atom. The van der Waals surface area contributed by atoms with Gasteiger partial charge in [0.15, 0.2) is 5.96 Å². The SMILES string of the molecule is CCNC(=NCCN1CCOCC1)NCCC(=O)N1CCN(c2ncccn2)CC1. The van der Waals surface area contributed by atoms with Crippen molar-refractivity contribution >= 4 is 17.8 Å². The number of carbonyl (C=O) groups excluding carboxylic acids is 1. The van der Waals surface area contributed by atoms with Gasteiger partial charge in [-0.3, -0.25) is 14.7 Å². The molecule has 0 radical (unpaired) electrons. The fourth-order valence-corrected chi connectivity index (χ4v) is 3.53. The Morgan fingerprint density at radius 3 is 2.53 bits per heavy atom. The summed E-state index contributed by atoms with van der Waals surface area (Å²) in [6.45, 7) is 11.5. The van der Waals surface area contributed by atoms with Crippen LogP contribution < -0.4 is 15.5 Å². The maximum atomic E-state index is 12.6. The maximum absolute atomic E-state index is 12.6. The molecule has 0 atom stereocenters. The highest BCUT2D eigenvalue weighted by atomic mass is 16.5. The molecule has 0 aliphatic carbocycles. The molecule has 0 aromatic carbocycles. The Balaban J connectivity index is 1.35. The van der Waals surface area contributed by atoms with E-state index in [9.17, 15) is 4.79 Å². The Bertz CT molecular complexity index is 658. The summed E-state index contributed by atoms with van der Waals surface area (Å²) in [5.74, 6) is 1.67. The molecule has 1 aromatic rings. The molecule has 0 spiro atoms. The van der Waals surface area contributed by atoms with Crippen LogP contribution in [0.4, 0.5) is 5.95 Å². The van der Waals surface area contributed by atoms with Crippen LogP contribution in [-0.2, 0) is 9.53 Å². The van der Waals surface area contributed by atoms with Gasteiger partial charge in [0.1, 0.15) is 0 Å². The van der Waals surface area contributed by atoms with Gasteiger partial charge in [-0.1, -0.05) is 0 Å². The van der Waals surface area contributed by atoms with Gasteiger partial charge in [0.2, 0.25) is 11.9 Å². The number of aliphatic imine (C=N–C) groups is 1. The topological polar surface area (TPSA) is 98.2 Å². The number of nitrogens with one attached hydrogen (secondary N) is 2. The van der Waals surface area contributed by atoms with Gasteiger partial charge in [-0.2, -0.15) is 0 Å². The van der Waals surface area contributed by atoms with E-state index in [4.69, 9.17) is 4.74 Å². The predicted octanol–water partition coefficient (Wildman–Crippen LogP) is -0.597. The lowest BCUT2D eigenvalue weighted by molar-refractivity contribution is -0.131. The number of morpholine rings is 1. The molecule has 30 heavy (non-hydrogen) atoms. The minimum Gasteiger partial charge on any atom is -0.379 e. The largest absolute Gasteiger partial charge is 0.379 e. The molecule has 10 nitrogen and oxygen atoms in total. The fourth-order valence-electron chi connectivity index (χ4n) is 3.53. The van der Waals surface area contributed by atoms with Gasteiger partial charge < -0.3 is 25.2 Å². The standard InChI is InChI=1S/C20H34N8O2/c1-2-21-19(23-8-9-26-14-16-30-17-15-26)22-7-4-18(29)27-10-12-28(13-11-27)20-24-5-3-6-25-20/h3,5-6H,2,4,7-17H2,1H3,(H2,21,22,23). The molecule has 0 saturated carbocycles. The number of nitrogens with zero attached hydrogens (tertiary/aromatic N) is 6. The van der Waals surface area contributed by atoms with Crippen molar-refractivity contribution in [3.05, 3.63) is 18.5 Å². The lowest BCUT2D eigenvalue weighted by atomic mass is 10.3. The van der Waals surface area contributed by atoms with E-state index in [1.807, 2.05) is 17.9 Å². The molecule has 2 saturated heterocycles. The lowest BCUT2D eigenvalue weighted by Crippen LogP contribution is -2.50. The Kier molecular flexibility index (Phi) is 9.10. The smallest absolute Gasteiger partial charge is 0.225 e. The molecule has 10 heteroatoms. The highest BCUT2D eigenvalue weighted by Crippen LogP contribution is 2.10. The van der Waals surface area contributed by atoms with Gasteiger partial charge in [-0.25, -0.2) is 9.97 Å². The Labute approximate surface area is 178 Å². The fraction of sp³-hybridized carbons (Fsp3) is 0.700. The molecular weight excluding hydrogens is 384 g/mol. The van der Waals surface area contributed by atoms with Crippen LogP contribution in [0, 0.1) is 0 Å². The van der Waals surface area contributed by atoms with E-state index in [0.717, 1.165) is 70.9 Å². The van der Waals surface area contributed by atoms with Crippen molar-refractivity contribution in [3.8, 4) is 0 Å². The van der Waals surface area contributed by atoms with Gasteiger partial charge in [-0.15, -0.1) is 0 Å². The van der Waals surface area contributed by atoms with Crippen LogP contribution in [0.1, 0.15) is 13.3 Å². The second-order valence-electron chi connectivity index (χ2n) is 7.31. The number of ether oxygens (including phenoxy) is 1. The average molecular weight is 419 g/mol. The number of amides is 1. The first kappa shape index (κ1) is 22.2. The third-order valence-electron chi connectivity index (χ3n) is 5.23.